The van der Waals surface area contributed by atoms with Gasteiger partial charge >= 0.3 is 0 Å². The highest BCUT2D eigenvalue weighted by Gasteiger charge is 1.97. The third-order valence-corrected chi connectivity index (χ3v) is 2.45. The first kappa shape index (κ1) is 12.5. The van der Waals surface area contributed by atoms with Gasteiger partial charge in [0, 0.05) is 18.6 Å². The summed E-state index contributed by atoms with van der Waals surface area (Å²) in [4.78, 5) is 4.27. The van der Waals surface area contributed by atoms with E-state index in [1.165, 1.54) is 16.3 Å². The lowest BCUT2D eigenvalue weighted by Crippen LogP contribution is -1.91. The molecule has 0 unspecified atom stereocenters. The molecule has 0 bridgehead atoms. The normalized spacial score (nSPS) is 9.50. The Balaban J connectivity index is 0.000000606. The van der Waals surface area contributed by atoms with Gasteiger partial charge in [0.1, 0.15) is 5.82 Å². The van der Waals surface area contributed by atoms with E-state index in [0.717, 1.165) is 12.2 Å². The number of pyridine rings is 1. The van der Waals surface area contributed by atoms with Crippen LogP contribution in [-0.4, -0.2) is 12.0 Å². The minimum Gasteiger partial charge on any atom is -0.373 e. The van der Waals surface area contributed by atoms with E-state index >= 15 is 0 Å². The van der Waals surface area contributed by atoms with Crippen LogP contribution < -0.4 is 5.32 Å². The molecule has 1 heterocycles. The average Bonchev–Trinajstić information content (AvgIpc) is 2.39. The molecule has 0 amide bonds. The number of nitrogens with one attached hydrogen (secondary N) is 1. The minimum atomic E-state index is 0.922. The van der Waals surface area contributed by atoms with Gasteiger partial charge in [-0.3, -0.25) is 0 Å². The number of aryl methyl sites for hydroxylation is 1. The van der Waals surface area contributed by atoms with Gasteiger partial charge in [0.15, 0.2) is 0 Å². The standard InChI is InChI=1S/C12H14N2.C2H6/c1-3-9-4-5-10-8-14-12(13-2)7-11(10)6-9;1-2/h4-8H,3H2,1-2H3,(H,13,14);1-2H3. The van der Waals surface area contributed by atoms with Gasteiger partial charge in [-0.15, -0.1) is 0 Å². The van der Waals surface area contributed by atoms with Crippen molar-refractivity contribution in [3.8, 4) is 0 Å². The van der Waals surface area contributed by atoms with E-state index in [0.29, 0.717) is 0 Å². The molecule has 1 aromatic carbocycles. The van der Waals surface area contributed by atoms with E-state index in [1.54, 1.807) is 0 Å². The summed E-state index contributed by atoms with van der Waals surface area (Å²) in [5.41, 5.74) is 1.37. The van der Waals surface area contributed by atoms with Crippen LogP contribution in [0.15, 0.2) is 30.5 Å². The topological polar surface area (TPSA) is 24.9 Å². The summed E-state index contributed by atoms with van der Waals surface area (Å²) in [7, 11) is 1.89. The van der Waals surface area contributed by atoms with Crippen molar-refractivity contribution in [1.29, 1.82) is 0 Å². The van der Waals surface area contributed by atoms with Crippen molar-refractivity contribution in [3.05, 3.63) is 36.0 Å². The molecule has 16 heavy (non-hydrogen) atoms. The average molecular weight is 216 g/mol. The van der Waals surface area contributed by atoms with Crippen molar-refractivity contribution >= 4 is 16.6 Å². The number of aromatic nitrogens is 1. The van der Waals surface area contributed by atoms with Gasteiger partial charge in [0.2, 0.25) is 0 Å². The summed E-state index contributed by atoms with van der Waals surface area (Å²) in [5, 5.41) is 5.49. The SMILES string of the molecule is CC.CCc1ccc2cnc(NC)cc2c1. The third kappa shape index (κ3) is 2.72. The second-order valence-corrected chi connectivity index (χ2v) is 3.35. The first-order valence-corrected chi connectivity index (χ1v) is 5.90. The van der Waals surface area contributed by atoms with Crippen LogP contribution in [0.2, 0.25) is 0 Å². The Hall–Kier alpha value is -1.57. The Kier molecular flexibility index (Phi) is 4.77. The fourth-order valence-corrected chi connectivity index (χ4v) is 1.55. The van der Waals surface area contributed by atoms with Crippen LogP contribution >= 0.6 is 0 Å². The van der Waals surface area contributed by atoms with Gasteiger partial charge < -0.3 is 5.32 Å². The van der Waals surface area contributed by atoms with E-state index < -0.39 is 0 Å². The molecule has 0 fully saturated rings. The number of rotatable bonds is 2. The molecular formula is C14H20N2. The summed E-state index contributed by atoms with van der Waals surface area (Å²) in [5.74, 6) is 0.922. The summed E-state index contributed by atoms with van der Waals surface area (Å²) < 4.78 is 0. The van der Waals surface area contributed by atoms with Gasteiger partial charge in [-0.1, -0.05) is 39.0 Å². The smallest absolute Gasteiger partial charge is 0.126 e. The van der Waals surface area contributed by atoms with Crippen molar-refractivity contribution in [2.24, 2.45) is 0 Å². The first-order valence-electron chi connectivity index (χ1n) is 5.90. The van der Waals surface area contributed by atoms with Crippen LogP contribution in [0.5, 0.6) is 0 Å². The molecule has 0 atom stereocenters. The molecule has 2 rings (SSSR count). The maximum Gasteiger partial charge on any atom is 0.126 e. The number of nitrogens with zero attached hydrogens (tertiary/aromatic N) is 1. The van der Waals surface area contributed by atoms with Crippen LogP contribution in [0.25, 0.3) is 10.8 Å². The monoisotopic (exact) mass is 216 g/mol. The number of hydrogen-bond acceptors (Lipinski definition) is 2. The molecule has 0 aliphatic carbocycles. The lowest BCUT2D eigenvalue weighted by atomic mass is 10.1. The largest absolute Gasteiger partial charge is 0.373 e. The van der Waals surface area contributed by atoms with E-state index in [-0.39, 0.29) is 0 Å². The number of benzene rings is 1. The fourth-order valence-electron chi connectivity index (χ4n) is 1.55. The van der Waals surface area contributed by atoms with E-state index in [1.807, 2.05) is 27.1 Å². The Labute approximate surface area is 97.7 Å². The molecule has 0 spiro atoms. The van der Waals surface area contributed by atoms with Crippen LogP contribution in [0, 0.1) is 0 Å². The molecule has 2 heteroatoms. The molecule has 0 saturated carbocycles. The predicted molar refractivity (Wildman–Crippen MR) is 72.0 cm³/mol. The van der Waals surface area contributed by atoms with E-state index in [4.69, 9.17) is 0 Å². The second-order valence-electron chi connectivity index (χ2n) is 3.35. The molecule has 0 radical (unpaired) electrons. The molecule has 2 nitrogen and oxygen atoms in total. The van der Waals surface area contributed by atoms with Crippen molar-refractivity contribution in [2.75, 3.05) is 12.4 Å². The van der Waals surface area contributed by atoms with Crippen LogP contribution in [0.4, 0.5) is 5.82 Å². The lowest BCUT2D eigenvalue weighted by molar-refractivity contribution is 1.15. The van der Waals surface area contributed by atoms with Crippen LogP contribution in [0.3, 0.4) is 0 Å². The molecular weight excluding hydrogens is 196 g/mol. The zero-order chi connectivity index (χ0) is 12.0. The zero-order valence-electron chi connectivity index (χ0n) is 10.5. The summed E-state index contributed by atoms with van der Waals surface area (Å²) in [6.07, 6.45) is 2.98. The fraction of sp³-hybridized carbons (Fsp3) is 0.357. The molecule has 1 N–H and O–H groups in total. The minimum absolute atomic E-state index is 0.922. The molecule has 2 aromatic rings. The van der Waals surface area contributed by atoms with Gasteiger partial charge in [0.05, 0.1) is 0 Å². The second kappa shape index (κ2) is 6.11. The lowest BCUT2D eigenvalue weighted by Gasteiger charge is -2.03. The number of hydrogen-bond donors (Lipinski definition) is 1. The Morgan fingerprint density at radius 1 is 1.12 bits per heavy atom. The van der Waals surface area contributed by atoms with Crippen molar-refractivity contribution in [1.82, 2.24) is 4.98 Å². The van der Waals surface area contributed by atoms with Crippen molar-refractivity contribution in [2.45, 2.75) is 27.2 Å². The molecule has 86 valence electrons. The zero-order valence-corrected chi connectivity index (χ0v) is 10.5. The highest BCUT2D eigenvalue weighted by molar-refractivity contribution is 5.84. The molecule has 0 saturated heterocycles. The predicted octanol–water partition coefficient (Wildman–Crippen LogP) is 3.87. The Morgan fingerprint density at radius 2 is 1.88 bits per heavy atom. The number of fused-ring (bicyclic) bond motifs is 1. The number of anilines is 1. The summed E-state index contributed by atoms with van der Waals surface area (Å²) >= 11 is 0. The molecule has 1 aromatic heterocycles. The highest BCUT2D eigenvalue weighted by atomic mass is 14.9. The molecule has 0 aliphatic heterocycles. The first-order chi connectivity index (χ1) is 7.83. The van der Waals surface area contributed by atoms with Crippen molar-refractivity contribution in [3.63, 3.8) is 0 Å². The van der Waals surface area contributed by atoms with Crippen LogP contribution in [-0.2, 0) is 6.42 Å². The molecule has 0 aliphatic rings. The summed E-state index contributed by atoms with van der Waals surface area (Å²) in [6.45, 7) is 6.17. The van der Waals surface area contributed by atoms with Gasteiger partial charge in [0.25, 0.3) is 0 Å². The van der Waals surface area contributed by atoms with Gasteiger partial charge in [-0.05, 0) is 23.4 Å². The van der Waals surface area contributed by atoms with E-state index in [9.17, 15) is 0 Å². The summed E-state index contributed by atoms with van der Waals surface area (Å²) in [6, 6.07) is 8.58. The van der Waals surface area contributed by atoms with Crippen molar-refractivity contribution < 1.29 is 0 Å². The highest BCUT2D eigenvalue weighted by Crippen LogP contribution is 2.18. The Bertz CT molecular complexity index is 411. The quantitative estimate of drug-likeness (QED) is 0.824. The maximum atomic E-state index is 4.27. The third-order valence-electron chi connectivity index (χ3n) is 2.45. The maximum absolute atomic E-state index is 4.27. The van der Waals surface area contributed by atoms with Crippen LogP contribution in [0.1, 0.15) is 26.3 Å². The van der Waals surface area contributed by atoms with E-state index in [2.05, 4.69) is 41.5 Å². The van der Waals surface area contributed by atoms with Gasteiger partial charge in [-0.25, -0.2) is 4.98 Å². The Morgan fingerprint density at radius 3 is 2.50 bits per heavy atom. The van der Waals surface area contributed by atoms with Gasteiger partial charge in [-0.2, -0.15) is 0 Å².